The summed E-state index contributed by atoms with van der Waals surface area (Å²) in [5.41, 5.74) is 0.281. The van der Waals surface area contributed by atoms with Crippen molar-refractivity contribution in [2.45, 2.75) is 12.5 Å². The van der Waals surface area contributed by atoms with Crippen LogP contribution in [0.15, 0.2) is 6.07 Å². The van der Waals surface area contributed by atoms with E-state index in [1.54, 1.807) is 12.0 Å². The lowest BCUT2D eigenvalue weighted by atomic mass is 10.3. The molecule has 92 valence electrons. The normalized spacial score (nSPS) is 19.7. The molecule has 5 nitrogen and oxygen atoms in total. The molecule has 1 unspecified atom stereocenters. The number of ether oxygens (including phenoxy) is 1. The Balaban J connectivity index is 2.17. The average molecular weight is 276 g/mol. The smallest absolute Gasteiger partial charge is 0.257 e. The number of carbonyl (C=O) groups excluding carboxylic acids is 1. The molecule has 1 aliphatic heterocycles. The zero-order chi connectivity index (χ0) is 12.4. The van der Waals surface area contributed by atoms with E-state index in [4.69, 9.17) is 27.9 Å². The van der Waals surface area contributed by atoms with E-state index in [2.05, 4.69) is 10.2 Å². The summed E-state index contributed by atoms with van der Waals surface area (Å²) in [6, 6.07) is 1.43. The van der Waals surface area contributed by atoms with Crippen LogP contribution in [0.2, 0.25) is 10.3 Å². The van der Waals surface area contributed by atoms with Gasteiger partial charge in [-0.3, -0.25) is 4.79 Å². The lowest BCUT2D eigenvalue weighted by molar-refractivity contribution is 0.0724. The molecule has 0 bridgehead atoms. The first-order chi connectivity index (χ1) is 8.11. The first kappa shape index (κ1) is 12.5. The Morgan fingerprint density at radius 2 is 2.29 bits per heavy atom. The topological polar surface area (TPSA) is 55.3 Å². The second kappa shape index (κ2) is 5.16. The van der Waals surface area contributed by atoms with Crippen LogP contribution in [-0.2, 0) is 4.74 Å². The van der Waals surface area contributed by atoms with Crippen LogP contribution in [0.5, 0.6) is 0 Å². The Morgan fingerprint density at radius 3 is 2.94 bits per heavy atom. The van der Waals surface area contributed by atoms with Gasteiger partial charge in [0.25, 0.3) is 5.91 Å². The molecule has 1 fully saturated rings. The number of likely N-dealkylation sites (tertiary alicyclic amines) is 1. The van der Waals surface area contributed by atoms with Gasteiger partial charge in [-0.25, -0.2) is 0 Å². The van der Waals surface area contributed by atoms with Crippen molar-refractivity contribution in [3.63, 3.8) is 0 Å². The van der Waals surface area contributed by atoms with Crippen molar-refractivity contribution in [2.75, 3.05) is 20.2 Å². The first-order valence-corrected chi connectivity index (χ1v) is 5.88. The van der Waals surface area contributed by atoms with Gasteiger partial charge in [0.15, 0.2) is 10.3 Å². The average Bonchev–Trinajstić information content (AvgIpc) is 2.80. The summed E-state index contributed by atoms with van der Waals surface area (Å²) in [6.45, 7) is 1.21. The predicted octanol–water partition coefficient (Wildman–Crippen LogP) is 1.64. The molecule has 1 amide bonds. The second-order valence-electron chi connectivity index (χ2n) is 3.77. The summed E-state index contributed by atoms with van der Waals surface area (Å²) < 4.78 is 5.20. The minimum atomic E-state index is -0.189. The molecule has 0 spiro atoms. The molecule has 7 heteroatoms. The van der Waals surface area contributed by atoms with E-state index < -0.39 is 0 Å². The van der Waals surface area contributed by atoms with Crippen molar-refractivity contribution in [1.82, 2.24) is 15.1 Å². The fraction of sp³-hybridized carbons (Fsp3) is 0.500. The van der Waals surface area contributed by atoms with Crippen molar-refractivity contribution in [1.29, 1.82) is 0 Å². The molecular formula is C10H11Cl2N3O2. The van der Waals surface area contributed by atoms with Crippen LogP contribution < -0.4 is 0 Å². The van der Waals surface area contributed by atoms with Crippen LogP contribution in [0.25, 0.3) is 0 Å². The van der Waals surface area contributed by atoms with Crippen LogP contribution >= 0.6 is 23.2 Å². The molecule has 1 saturated heterocycles. The maximum absolute atomic E-state index is 12.1. The van der Waals surface area contributed by atoms with Gasteiger partial charge in [-0.2, -0.15) is 0 Å². The lowest BCUT2D eigenvalue weighted by Gasteiger charge is -2.16. The second-order valence-corrected chi connectivity index (χ2v) is 4.51. The van der Waals surface area contributed by atoms with Gasteiger partial charge >= 0.3 is 0 Å². The van der Waals surface area contributed by atoms with Crippen LogP contribution in [0, 0.1) is 0 Å². The maximum Gasteiger partial charge on any atom is 0.257 e. The zero-order valence-electron chi connectivity index (χ0n) is 9.19. The highest BCUT2D eigenvalue weighted by molar-refractivity contribution is 6.34. The van der Waals surface area contributed by atoms with Crippen molar-refractivity contribution < 1.29 is 9.53 Å². The summed E-state index contributed by atoms with van der Waals surface area (Å²) in [5, 5.41) is 7.41. The van der Waals surface area contributed by atoms with E-state index in [-0.39, 0.29) is 27.9 Å². The van der Waals surface area contributed by atoms with E-state index in [0.717, 1.165) is 6.42 Å². The third-order valence-electron chi connectivity index (χ3n) is 2.71. The predicted molar refractivity (Wildman–Crippen MR) is 63.4 cm³/mol. The Kier molecular flexibility index (Phi) is 3.81. The number of halogens is 2. The molecule has 0 radical (unpaired) electrons. The molecule has 1 aromatic heterocycles. The maximum atomic E-state index is 12.1. The van der Waals surface area contributed by atoms with Gasteiger partial charge in [0, 0.05) is 20.2 Å². The number of methoxy groups -OCH3 is 1. The lowest BCUT2D eigenvalue weighted by Crippen LogP contribution is -2.30. The number of rotatable bonds is 2. The molecule has 17 heavy (non-hydrogen) atoms. The van der Waals surface area contributed by atoms with E-state index in [1.165, 1.54) is 6.07 Å². The highest BCUT2D eigenvalue weighted by Crippen LogP contribution is 2.20. The van der Waals surface area contributed by atoms with Crippen LogP contribution in [0.4, 0.5) is 0 Å². The van der Waals surface area contributed by atoms with Crippen LogP contribution in [0.1, 0.15) is 16.8 Å². The number of carbonyl (C=O) groups is 1. The zero-order valence-corrected chi connectivity index (χ0v) is 10.7. The monoisotopic (exact) mass is 275 g/mol. The molecule has 2 heterocycles. The minimum Gasteiger partial charge on any atom is -0.380 e. The molecule has 1 aromatic rings. The van der Waals surface area contributed by atoms with E-state index in [1.807, 2.05) is 0 Å². The Labute approximate surface area is 109 Å². The highest BCUT2D eigenvalue weighted by atomic mass is 35.5. The van der Waals surface area contributed by atoms with Gasteiger partial charge < -0.3 is 9.64 Å². The standard InChI is InChI=1S/C10H11Cl2N3O2/c1-17-6-2-3-15(5-6)10(16)7-4-8(11)13-14-9(7)12/h4,6H,2-3,5H2,1H3. The number of hydrogen-bond donors (Lipinski definition) is 0. The Hall–Kier alpha value is -0.910. The molecule has 0 aromatic carbocycles. The third kappa shape index (κ3) is 2.68. The molecule has 1 atom stereocenters. The van der Waals surface area contributed by atoms with E-state index in [9.17, 15) is 4.79 Å². The fourth-order valence-corrected chi connectivity index (χ4v) is 2.10. The van der Waals surface area contributed by atoms with Gasteiger partial charge in [0.2, 0.25) is 0 Å². The Morgan fingerprint density at radius 1 is 1.53 bits per heavy atom. The van der Waals surface area contributed by atoms with Crippen molar-refractivity contribution >= 4 is 29.1 Å². The van der Waals surface area contributed by atoms with Crippen molar-refractivity contribution in [2.24, 2.45) is 0 Å². The third-order valence-corrected chi connectivity index (χ3v) is 3.18. The summed E-state index contributed by atoms with van der Waals surface area (Å²) >= 11 is 11.5. The van der Waals surface area contributed by atoms with Gasteiger partial charge in [-0.05, 0) is 12.5 Å². The van der Waals surface area contributed by atoms with Crippen LogP contribution in [0.3, 0.4) is 0 Å². The summed E-state index contributed by atoms with van der Waals surface area (Å²) in [5.74, 6) is -0.189. The molecule has 2 rings (SSSR count). The Bertz CT molecular complexity index is 442. The molecular weight excluding hydrogens is 265 g/mol. The largest absolute Gasteiger partial charge is 0.380 e. The highest BCUT2D eigenvalue weighted by Gasteiger charge is 2.28. The molecule has 0 aliphatic carbocycles. The van der Waals surface area contributed by atoms with E-state index >= 15 is 0 Å². The number of hydrogen-bond acceptors (Lipinski definition) is 4. The number of nitrogens with zero attached hydrogens (tertiary/aromatic N) is 3. The molecule has 1 aliphatic rings. The summed E-state index contributed by atoms with van der Waals surface area (Å²) in [7, 11) is 1.64. The van der Waals surface area contributed by atoms with Gasteiger partial charge in [-0.15, -0.1) is 10.2 Å². The van der Waals surface area contributed by atoms with Gasteiger partial charge in [0.05, 0.1) is 11.7 Å². The number of amides is 1. The quantitative estimate of drug-likeness (QED) is 0.824. The van der Waals surface area contributed by atoms with Crippen molar-refractivity contribution in [3.8, 4) is 0 Å². The molecule has 0 saturated carbocycles. The number of aromatic nitrogens is 2. The van der Waals surface area contributed by atoms with Crippen LogP contribution in [-0.4, -0.2) is 47.3 Å². The summed E-state index contributed by atoms with van der Waals surface area (Å²) in [6.07, 6.45) is 0.912. The SMILES string of the molecule is COC1CCN(C(=O)c2cc(Cl)nnc2Cl)C1. The first-order valence-electron chi connectivity index (χ1n) is 5.12. The minimum absolute atomic E-state index is 0.0697. The van der Waals surface area contributed by atoms with Crippen molar-refractivity contribution in [3.05, 3.63) is 21.9 Å². The van der Waals surface area contributed by atoms with E-state index in [0.29, 0.717) is 13.1 Å². The fourth-order valence-electron chi connectivity index (χ4n) is 1.78. The molecule has 0 N–H and O–H groups in total. The van der Waals surface area contributed by atoms with Gasteiger partial charge in [0.1, 0.15) is 0 Å². The summed E-state index contributed by atoms with van der Waals surface area (Å²) in [4.78, 5) is 13.8. The van der Waals surface area contributed by atoms with Gasteiger partial charge in [-0.1, -0.05) is 23.2 Å².